The predicted molar refractivity (Wildman–Crippen MR) is 67.3 cm³/mol. The second-order valence-corrected chi connectivity index (χ2v) is 4.85. The van der Waals surface area contributed by atoms with Gasteiger partial charge in [0.1, 0.15) is 0 Å². The number of methoxy groups -OCH3 is 1. The molecule has 1 fully saturated rings. The lowest BCUT2D eigenvalue weighted by Crippen LogP contribution is -2.37. The van der Waals surface area contributed by atoms with Crippen LogP contribution >= 0.6 is 0 Å². The molecule has 1 N–H and O–H groups in total. The van der Waals surface area contributed by atoms with Gasteiger partial charge in [0.15, 0.2) is 0 Å². The van der Waals surface area contributed by atoms with Gasteiger partial charge in [-0.25, -0.2) is 0 Å². The average molecular weight is 257 g/mol. The van der Waals surface area contributed by atoms with Gasteiger partial charge < -0.3 is 14.7 Å². The van der Waals surface area contributed by atoms with Crippen LogP contribution in [0.25, 0.3) is 0 Å². The van der Waals surface area contributed by atoms with Crippen LogP contribution in [-0.2, 0) is 14.3 Å². The first-order valence-electron chi connectivity index (χ1n) is 6.62. The van der Waals surface area contributed by atoms with Crippen molar-refractivity contribution in [3.63, 3.8) is 0 Å². The molecule has 5 heteroatoms. The van der Waals surface area contributed by atoms with Gasteiger partial charge in [0, 0.05) is 26.1 Å². The summed E-state index contributed by atoms with van der Waals surface area (Å²) in [5.74, 6) is -0.794. The number of aliphatic carboxylic acids is 1. The molecule has 0 bridgehead atoms. The van der Waals surface area contributed by atoms with Crippen LogP contribution < -0.4 is 0 Å². The molecular formula is C13H23NO4. The highest BCUT2D eigenvalue weighted by atomic mass is 16.5. The largest absolute Gasteiger partial charge is 0.481 e. The number of carbonyl (C=O) groups excluding carboxylic acids is 1. The molecule has 1 amide bonds. The van der Waals surface area contributed by atoms with Crippen molar-refractivity contribution >= 4 is 11.9 Å². The van der Waals surface area contributed by atoms with E-state index >= 15 is 0 Å². The fourth-order valence-corrected chi connectivity index (χ4v) is 2.41. The monoisotopic (exact) mass is 257 g/mol. The molecule has 0 saturated carbocycles. The lowest BCUT2D eigenvalue weighted by molar-refractivity contribution is -0.139. The molecule has 0 aromatic rings. The minimum absolute atomic E-state index is 0.0133. The van der Waals surface area contributed by atoms with Crippen LogP contribution in [0.3, 0.4) is 0 Å². The van der Waals surface area contributed by atoms with E-state index in [2.05, 4.69) is 6.92 Å². The molecule has 1 heterocycles. The number of rotatable bonds is 7. The first-order valence-corrected chi connectivity index (χ1v) is 6.62. The minimum atomic E-state index is -0.858. The molecule has 5 nitrogen and oxygen atoms in total. The molecule has 2 atom stereocenters. The minimum Gasteiger partial charge on any atom is -0.481 e. The van der Waals surface area contributed by atoms with Gasteiger partial charge in [0.2, 0.25) is 5.91 Å². The molecule has 2 unspecified atom stereocenters. The van der Waals surface area contributed by atoms with Gasteiger partial charge in [-0.2, -0.15) is 0 Å². The van der Waals surface area contributed by atoms with Crippen molar-refractivity contribution in [3.8, 4) is 0 Å². The molecule has 0 aromatic carbocycles. The maximum Gasteiger partial charge on any atom is 0.305 e. The third kappa shape index (κ3) is 4.29. The predicted octanol–water partition coefficient (Wildman–Crippen LogP) is 1.66. The zero-order valence-electron chi connectivity index (χ0n) is 11.2. The van der Waals surface area contributed by atoms with Crippen LogP contribution in [0.15, 0.2) is 0 Å². The number of carboxylic acid groups (broad SMARTS) is 1. The van der Waals surface area contributed by atoms with Crippen molar-refractivity contribution in [1.82, 2.24) is 4.90 Å². The van der Waals surface area contributed by atoms with E-state index in [1.54, 1.807) is 12.0 Å². The number of ether oxygens (including phenoxy) is 1. The standard InChI is InChI=1S/C13H23NO4/c1-3-4-5-6-12(15)14-9-11(18-2)7-10(14)8-13(16)17/h10-11H,3-9H2,1-2H3,(H,16,17). The number of hydrogen-bond acceptors (Lipinski definition) is 3. The van der Waals surface area contributed by atoms with Crippen molar-refractivity contribution in [2.45, 2.75) is 57.6 Å². The van der Waals surface area contributed by atoms with Gasteiger partial charge in [-0.1, -0.05) is 19.8 Å². The Morgan fingerprint density at radius 2 is 2.11 bits per heavy atom. The van der Waals surface area contributed by atoms with E-state index in [-0.39, 0.29) is 24.5 Å². The molecule has 1 saturated heterocycles. The van der Waals surface area contributed by atoms with Gasteiger partial charge in [-0.3, -0.25) is 9.59 Å². The number of carbonyl (C=O) groups is 2. The van der Waals surface area contributed by atoms with Crippen LogP contribution in [-0.4, -0.2) is 47.7 Å². The fraction of sp³-hybridized carbons (Fsp3) is 0.846. The van der Waals surface area contributed by atoms with Crippen molar-refractivity contribution in [1.29, 1.82) is 0 Å². The fourth-order valence-electron chi connectivity index (χ4n) is 2.41. The Labute approximate surface area is 108 Å². The maximum atomic E-state index is 12.1. The topological polar surface area (TPSA) is 66.8 Å². The van der Waals surface area contributed by atoms with Crippen molar-refractivity contribution in [3.05, 3.63) is 0 Å². The van der Waals surface area contributed by atoms with E-state index in [4.69, 9.17) is 9.84 Å². The lowest BCUT2D eigenvalue weighted by Gasteiger charge is -2.23. The molecule has 104 valence electrons. The smallest absolute Gasteiger partial charge is 0.305 e. The Bertz CT molecular complexity index is 293. The van der Waals surface area contributed by atoms with E-state index < -0.39 is 5.97 Å². The zero-order chi connectivity index (χ0) is 13.5. The SMILES string of the molecule is CCCCCC(=O)N1CC(OC)CC1CC(=O)O. The normalized spacial score (nSPS) is 23.3. The van der Waals surface area contributed by atoms with E-state index in [9.17, 15) is 9.59 Å². The number of nitrogens with zero attached hydrogens (tertiary/aromatic N) is 1. The van der Waals surface area contributed by atoms with E-state index in [0.717, 1.165) is 19.3 Å². The summed E-state index contributed by atoms with van der Waals surface area (Å²) in [4.78, 5) is 24.5. The Morgan fingerprint density at radius 1 is 1.39 bits per heavy atom. The molecule has 1 aliphatic heterocycles. The molecule has 1 aliphatic rings. The van der Waals surface area contributed by atoms with Crippen LogP contribution in [0, 0.1) is 0 Å². The van der Waals surface area contributed by atoms with Crippen LogP contribution in [0.1, 0.15) is 45.4 Å². The number of amides is 1. The van der Waals surface area contributed by atoms with Gasteiger partial charge in [-0.05, 0) is 12.8 Å². The highest BCUT2D eigenvalue weighted by Crippen LogP contribution is 2.24. The quantitative estimate of drug-likeness (QED) is 0.704. The van der Waals surface area contributed by atoms with E-state index in [1.807, 2.05) is 0 Å². The summed E-state index contributed by atoms with van der Waals surface area (Å²) in [6.07, 6.45) is 4.12. The highest BCUT2D eigenvalue weighted by molar-refractivity contribution is 5.78. The van der Waals surface area contributed by atoms with Crippen molar-refractivity contribution in [2.24, 2.45) is 0 Å². The summed E-state index contributed by atoms with van der Waals surface area (Å²) in [6, 6.07) is -0.207. The van der Waals surface area contributed by atoms with Gasteiger partial charge in [-0.15, -0.1) is 0 Å². The summed E-state index contributed by atoms with van der Waals surface area (Å²) in [6.45, 7) is 2.62. The van der Waals surface area contributed by atoms with E-state index in [0.29, 0.717) is 19.4 Å². The summed E-state index contributed by atoms with van der Waals surface area (Å²) >= 11 is 0. The van der Waals surface area contributed by atoms with Gasteiger partial charge in [0.25, 0.3) is 0 Å². The third-order valence-electron chi connectivity index (χ3n) is 3.43. The van der Waals surface area contributed by atoms with Crippen molar-refractivity contribution < 1.29 is 19.4 Å². The molecule has 0 aromatic heterocycles. The number of unbranched alkanes of at least 4 members (excludes halogenated alkanes) is 2. The number of likely N-dealkylation sites (tertiary alicyclic amines) is 1. The highest BCUT2D eigenvalue weighted by Gasteiger charge is 2.35. The Kier molecular flexibility index (Phi) is 6.12. The van der Waals surface area contributed by atoms with Crippen LogP contribution in [0.5, 0.6) is 0 Å². The van der Waals surface area contributed by atoms with E-state index in [1.165, 1.54) is 0 Å². The van der Waals surface area contributed by atoms with Crippen LogP contribution in [0.4, 0.5) is 0 Å². The average Bonchev–Trinajstić information content (AvgIpc) is 2.71. The molecule has 18 heavy (non-hydrogen) atoms. The first kappa shape index (κ1) is 15.0. The maximum absolute atomic E-state index is 12.1. The van der Waals surface area contributed by atoms with Crippen LogP contribution in [0.2, 0.25) is 0 Å². The summed E-state index contributed by atoms with van der Waals surface area (Å²) < 4.78 is 5.24. The summed E-state index contributed by atoms with van der Waals surface area (Å²) in [7, 11) is 1.60. The molecule has 1 rings (SSSR count). The molecular weight excluding hydrogens is 234 g/mol. The summed E-state index contributed by atoms with van der Waals surface area (Å²) in [5.41, 5.74) is 0. The number of hydrogen-bond donors (Lipinski definition) is 1. The first-order chi connectivity index (χ1) is 8.58. The summed E-state index contributed by atoms with van der Waals surface area (Å²) in [5, 5.41) is 8.87. The third-order valence-corrected chi connectivity index (χ3v) is 3.43. The molecule has 0 spiro atoms. The second kappa shape index (κ2) is 7.36. The second-order valence-electron chi connectivity index (χ2n) is 4.85. The van der Waals surface area contributed by atoms with Gasteiger partial charge in [0.05, 0.1) is 12.5 Å². The zero-order valence-corrected chi connectivity index (χ0v) is 11.2. The number of carboxylic acids is 1. The Morgan fingerprint density at radius 3 is 2.67 bits per heavy atom. The Balaban J connectivity index is 2.53. The lowest BCUT2D eigenvalue weighted by atomic mass is 10.1. The Hall–Kier alpha value is -1.10. The molecule has 0 radical (unpaired) electrons. The van der Waals surface area contributed by atoms with Gasteiger partial charge >= 0.3 is 5.97 Å². The van der Waals surface area contributed by atoms with Crippen molar-refractivity contribution in [2.75, 3.05) is 13.7 Å². The molecule has 0 aliphatic carbocycles.